The fourth-order valence-corrected chi connectivity index (χ4v) is 2.99. The molecule has 2 amide bonds. The van der Waals surface area contributed by atoms with Crippen LogP contribution >= 0.6 is 15.9 Å². The summed E-state index contributed by atoms with van der Waals surface area (Å²) in [5, 5.41) is 11.8. The number of amides is 2. The number of carbonyl (C=O) groups is 2. The van der Waals surface area contributed by atoms with Gasteiger partial charge in [-0.3, -0.25) is 4.79 Å². The molecule has 0 aromatic heterocycles. The van der Waals surface area contributed by atoms with Crippen molar-refractivity contribution in [2.24, 2.45) is 5.92 Å². The smallest absolute Gasteiger partial charge is 0.321 e. The predicted octanol–water partition coefficient (Wildman–Crippen LogP) is 3.23. The number of nitrogens with zero attached hydrogens (tertiary/aromatic N) is 2. The van der Waals surface area contributed by atoms with E-state index in [0.29, 0.717) is 0 Å². The summed E-state index contributed by atoms with van der Waals surface area (Å²) in [5.74, 6) is -1.52. The lowest BCUT2D eigenvalue weighted by Gasteiger charge is -2.24. The monoisotopic (exact) mass is 383 g/mol. The zero-order valence-corrected chi connectivity index (χ0v) is 15.0. The van der Waals surface area contributed by atoms with Gasteiger partial charge in [0.05, 0.1) is 17.3 Å². The molecule has 2 rings (SSSR count). The largest absolute Gasteiger partial charge is 0.481 e. The summed E-state index contributed by atoms with van der Waals surface area (Å²) in [4.78, 5) is 26.9. The third-order valence-corrected chi connectivity index (χ3v) is 4.46. The van der Waals surface area contributed by atoms with Gasteiger partial charge in [-0.2, -0.15) is 0 Å². The van der Waals surface area contributed by atoms with Crippen molar-refractivity contribution >= 4 is 39.3 Å². The zero-order chi connectivity index (χ0) is 17.0. The summed E-state index contributed by atoms with van der Waals surface area (Å²) in [6.07, 6.45) is 2.30. The molecule has 1 aliphatic heterocycles. The number of nitrogens with one attached hydrogen (secondary N) is 1. The Labute approximate surface area is 144 Å². The highest BCUT2D eigenvalue weighted by Crippen LogP contribution is 2.31. The Kier molecular flexibility index (Phi) is 5.87. The van der Waals surface area contributed by atoms with Crippen LogP contribution in [0.4, 0.5) is 16.2 Å². The van der Waals surface area contributed by atoms with Gasteiger partial charge >= 0.3 is 12.0 Å². The van der Waals surface area contributed by atoms with Gasteiger partial charge in [0.25, 0.3) is 0 Å². The number of aliphatic carboxylic acids is 1. The summed E-state index contributed by atoms with van der Waals surface area (Å²) in [5.41, 5.74) is 1.74. The van der Waals surface area contributed by atoms with Crippen molar-refractivity contribution in [3.8, 4) is 0 Å². The lowest BCUT2D eigenvalue weighted by Crippen LogP contribution is -2.37. The number of halogens is 1. The van der Waals surface area contributed by atoms with E-state index < -0.39 is 11.9 Å². The first-order valence-electron chi connectivity index (χ1n) is 7.68. The molecule has 1 fully saturated rings. The van der Waals surface area contributed by atoms with Gasteiger partial charge in [0.1, 0.15) is 0 Å². The maximum atomic E-state index is 12.3. The van der Waals surface area contributed by atoms with Crippen molar-refractivity contribution in [2.75, 3.05) is 36.9 Å². The van der Waals surface area contributed by atoms with E-state index in [2.05, 4.69) is 26.1 Å². The fourth-order valence-electron chi connectivity index (χ4n) is 2.62. The van der Waals surface area contributed by atoms with Crippen LogP contribution in [0, 0.1) is 5.92 Å². The van der Waals surface area contributed by atoms with Crippen molar-refractivity contribution in [1.82, 2.24) is 4.90 Å². The molecule has 2 N–H and O–H groups in total. The van der Waals surface area contributed by atoms with Crippen LogP contribution in [0.15, 0.2) is 22.7 Å². The van der Waals surface area contributed by atoms with Crippen LogP contribution in [0.2, 0.25) is 0 Å². The quantitative estimate of drug-likeness (QED) is 0.818. The molecule has 1 unspecified atom stereocenters. The highest BCUT2D eigenvalue weighted by atomic mass is 79.9. The van der Waals surface area contributed by atoms with Crippen LogP contribution in [0.3, 0.4) is 0 Å². The molecule has 0 saturated carbocycles. The normalized spacial score (nSPS) is 15.3. The maximum Gasteiger partial charge on any atom is 0.321 e. The topological polar surface area (TPSA) is 72.9 Å². The standard InChI is InChI=1S/C16H22BrN3O3/c1-11(15(21)22)10-19(2)16(23)18-13-9-12(17)5-6-14(13)20-7-3-4-8-20/h5-6,9,11H,3-4,7-8,10H2,1-2H3,(H,18,23)(H,21,22). The Morgan fingerprint density at radius 2 is 2.04 bits per heavy atom. The number of benzene rings is 1. The molecule has 0 aliphatic carbocycles. The van der Waals surface area contributed by atoms with E-state index in [1.807, 2.05) is 18.2 Å². The number of urea groups is 1. The summed E-state index contributed by atoms with van der Waals surface area (Å²) in [6.45, 7) is 3.71. The van der Waals surface area contributed by atoms with E-state index in [1.54, 1.807) is 14.0 Å². The molecule has 23 heavy (non-hydrogen) atoms. The first-order chi connectivity index (χ1) is 10.9. The van der Waals surface area contributed by atoms with Crippen LogP contribution in [0.5, 0.6) is 0 Å². The second-order valence-electron chi connectivity index (χ2n) is 5.91. The fraction of sp³-hybridized carbons (Fsp3) is 0.500. The molecule has 1 aromatic carbocycles. The lowest BCUT2D eigenvalue weighted by atomic mass is 10.2. The first kappa shape index (κ1) is 17.6. The Morgan fingerprint density at radius 3 is 2.65 bits per heavy atom. The summed E-state index contributed by atoms with van der Waals surface area (Å²) in [6, 6.07) is 5.52. The van der Waals surface area contributed by atoms with Crippen molar-refractivity contribution in [2.45, 2.75) is 19.8 Å². The molecular formula is C16H22BrN3O3. The Balaban J connectivity index is 2.10. The van der Waals surface area contributed by atoms with E-state index in [4.69, 9.17) is 5.11 Å². The molecule has 0 spiro atoms. The average molecular weight is 384 g/mol. The molecule has 1 atom stereocenters. The molecular weight excluding hydrogens is 362 g/mol. The van der Waals surface area contributed by atoms with Crippen LogP contribution < -0.4 is 10.2 Å². The van der Waals surface area contributed by atoms with Gasteiger partial charge in [-0.1, -0.05) is 22.9 Å². The molecule has 126 valence electrons. The van der Waals surface area contributed by atoms with Gasteiger partial charge in [-0.15, -0.1) is 0 Å². The van der Waals surface area contributed by atoms with Gasteiger partial charge in [0.2, 0.25) is 0 Å². The molecule has 1 heterocycles. The molecule has 0 radical (unpaired) electrons. The van der Waals surface area contributed by atoms with E-state index in [9.17, 15) is 9.59 Å². The minimum absolute atomic E-state index is 0.161. The van der Waals surface area contributed by atoms with E-state index in [0.717, 1.165) is 41.8 Å². The molecule has 1 saturated heterocycles. The molecule has 1 aromatic rings. The molecule has 0 bridgehead atoms. The molecule has 7 heteroatoms. The Hall–Kier alpha value is -1.76. The highest BCUT2D eigenvalue weighted by Gasteiger charge is 2.20. The van der Waals surface area contributed by atoms with Crippen LogP contribution in [-0.2, 0) is 4.79 Å². The second kappa shape index (κ2) is 7.68. The van der Waals surface area contributed by atoms with Gasteiger partial charge in [0.15, 0.2) is 0 Å². The van der Waals surface area contributed by atoms with Crippen molar-refractivity contribution in [3.05, 3.63) is 22.7 Å². The van der Waals surface area contributed by atoms with Crippen molar-refractivity contribution < 1.29 is 14.7 Å². The van der Waals surface area contributed by atoms with Gasteiger partial charge < -0.3 is 20.2 Å². The summed E-state index contributed by atoms with van der Waals surface area (Å²) < 4.78 is 0.886. The summed E-state index contributed by atoms with van der Waals surface area (Å²) >= 11 is 3.43. The summed E-state index contributed by atoms with van der Waals surface area (Å²) in [7, 11) is 1.60. The molecule has 1 aliphatic rings. The Morgan fingerprint density at radius 1 is 1.39 bits per heavy atom. The van der Waals surface area contributed by atoms with Gasteiger partial charge in [-0.05, 0) is 31.0 Å². The van der Waals surface area contributed by atoms with E-state index in [-0.39, 0.29) is 12.6 Å². The van der Waals surface area contributed by atoms with E-state index in [1.165, 1.54) is 4.90 Å². The minimum atomic E-state index is -0.912. The van der Waals surface area contributed by atoms with E-state index >= 15 is 0 Å². The second-order valence-corrected chi connectivity index (χ2v) is 6.82. The first-order valence-corrected chi connectivity index (χ1v) is 8.47. The number of hydrogen-bond acceptors (Lipinski definition) is 3. The number of carbonyl (C=O) groups excluding carboxylic acids is 1. The zero-order valence-electron chi connectivity index (χ0n) is 13.4. The number of anilines is 2. The van der Waals surface area contributed by atoms with Gasteiger partial charge in [0, 0.05) is 31.2 Å². The number of carboxylic acid groups (broad SMARTS) is 1. The Bertz CT molecular complexity index is 588. The average Bonchev–Trinajstić information content (AvgIpc) is 3.01. The SMILES string of the molecule is CC(CN(C)C(=O)Nc1cc(Br)ccc1N1CCCC1)C(=O)O. The minimum Gasteiger partial charge on any atom is -0.481 e. The van der Waals surface area contributed by atoms with Crippen molar-refractivity contribution in [3.63, 3.8) is 0 Å². The highest BCUT2D eigenvalue weighted by molar-refractivity contribution is 9.10. The predicted molar refractivity (Wildman–Crippen MR) is 94.0 cm³/mol. The molecule has 6 nitrogen and oxygen atoms in total. The van der Waals surface area contributed by atoms with Crippen molar-refractivity contribution in [1.29, 1.82) is 0 Å². The maximum absolute atomic E-state index is 12.3. The third-order valence-electron chi connectivity index (χ3n) is 3.96. The number of hydrogen-bond donors (Lipinski definition) is 2. The van der Waals surface area contributed by atoms with Crippen LogP contribution in [-0.4, -0.2) is 48.7 Å². The van der Waals surface area contributed by atoms with Crippen LogP contribution in [0.1, 0.15) is 19.8 Å². The third kappa shape index (κ3) is 4.60. The van der Waals surface area contributed by atoms with Crippen LogP contribution in [0.25, 0.3) is 0 Å². The number of rotatable bonds is 5. The number of carboxylic acids is 1. The lowest BCUT2D eigenvalue weighted by molar-refractivity contribution is -0.141. The van der Waals surface area contributed by atoms with Gasteiger partial charge in [-0.25, -0.2) is 4.79 Å².